The van der Waals surface area contributed by atoms with Gasteiger partial charge in [-0.1, -0.05) is 19.9 Å². The maximum absolute atomic E-state index is 3.75. The third kappa shape index (κ3) is 6.73. The van der Waals surface area contributed by atoms with E-state index in [4.69, 9.17) is 0 Å². The normalized spacial score (nSPS) is 11.7. The molecule has 0 bridgehead atoms. The van der Waals surface area contributed by atoms with Gasteiger partial charge < -0.3 is 0 Å². The van der Waals surface area contributed by atoms with E-state index in [1.54, 1.807) is 0 Å². The Kier molecular flexibility index (Phi) is 11.2. The summed E-state index contributed by atoms with van der Waals surface area (Å²) in [5.74, 6) is 0. The van der Waals surface area contributed by atoms with E-state index >= 15 is 0 Å². The SMILES string of the molecule is CCc1cccc(CC)c1NCCN(C)CNc1c(CC)cc[c]([Co]([Br])[Br])c1CC. The number of halogens is 2. The van der Waals surface area contributed by atoms with Crippen molar-refractivity contribution < 1.29 is 10.1 Å². The average Bonchev–Trinajstić information content (AvgIpc) is 2.76. The number of nitrogens with one attached hydrogen (secondary N) is 2. The number of hydrogen-bond donors (Lipinski definition) is 2. The number of likely N-dealkylation sites (N-methyl/N-ethyl adjacent to an activating group) is 1. The van der Waals surface area contributed by atoms with Gasteiger partial charge in [0.05, 0.1) is 0 Å². The summed E-state index contributed by atoms with van der Waals surface area (Å²) >= 11 is 7.49. The Hall–Kier alpha value is -0.534. The van der Waals surface area contributed by atoms with Crippen LogP contribution in [0.25, 0.3) is 0 Å². The molecule has 30 heavy (non-hydrogen) atoms. The molecule has 0 radical (unpaired) electrons. The number of nitrogens with zero attached hydrogens (tertiary/aromatic N) is 1. The van der Waals surface area contributed by atoms with E-state index in [2.05, 4.69) is 109 Å². The van der Waals surface area contributed by atoms with Gasteiger partial charge >= 0.3 is 183 Å². The summed E-state index contributed by atoms with van der Waals surface area (Å²) in [6.07, 6.45) is 4.19. The van der Waals surface area contributed by atoms with Crippen molar-refractivity contribution in [3.05, 3.63) is 52.6 Å². The Balaban J connectivity index is 2.01. The van der Waals surface area contributed by atoms with E-state index in [9.17, 15) is 0 Å². The first kappa shape index (κ1) is 25.7. The van der Waals surface area contributed by atoms with Crippen molar-refractivity contribution >= 4 is 44.2 Å². The molecule has 0 aliphatic heterocycles. The van der Waals surface area contributed by atoms with Gasteiger partial charge in [-0.25, -0.2) is 0 Å². The van der Waals surface area contributed by atoms with Gasteiger partial charge in [-0.3, -0.25) is 0 Å². The Morgan fingerprint density at radius 2 is 1.40 bits per heavy atom. The van der Waals surface area contributed by atoms with Gasteiger partial charge in [-0.15, -0.1) is 0 Å². The van der Waals surface area contributed by atoms with Gasteiger partial charge in [0.25, 0.3) is 0 Å². The van der Waals surface area contributed by atoms with E-state index in [0.717, 1.165) is 45.4 Å². The van der Waals surface area contributed by atoms with Crippen LogP contribution in [0.5, 0.6) is 0 Å². The molecule has 6 heteroatoms. The van der Waals surface area contributed by atoms with Crippen LogP contribution in [0.2, 0.25) is 0 Å². The van der Waals surface area contributed by atoms with Crippen molar-refractivity contribution in [2.45, 2.75) is 53.4 Å². The molecule has 0 atom stereocenters. The Labute approximate surface area is 201 Å². The van der Waals surface area contributed by atoms with Crippen LogP contribution >= 0.6 is 28.3 Å². The summed E-state index contributed by atoms with van der Waals surface area (Å²) in [6.45, 7) is 11.7. The second-order valence-corrected chi connectivity index (χ2v) is 15.8. The van der Waals surface area contributed by atoms with E-state index in [0.29, 0.717) is 0 Å². The Bertz CT molecular complexity index is 789. The Morgan fingerprint density at radius 1 is 0.800 bits per heavy atom. The van der Waals surface area contributed by atoms with Crippen molar-refractivity contribution in [1.82, 2.24) is 4.90 Å². The third-order valence-corrected chi connectivity index (χ3v) is 8.77. The zero-order valence-corrected chi connectivity index (χ0v) is 23.1. The first-order valence-electron chi connectivity index (χ1n) is 10.9. The molecule has 0 spiro atoms. The van der Waals surface area contributed by atoms with E-state index in [1.807, 2.05) is 0 Å². The molecule has 0 aromatic heterocycles. The predicted molar refractivity (Wildman–Crippen MR) is 137 cm³/mol. The molecule has 2 aromatic carbocycles. The fraction of sp³-hybridized carbons (Fsp3) is 0.500. The zero-order chi connectivity index (χ0) is 22.1. The second kappa shape index (κ2) is 13.1. The molecule has 0 saturated carbocycles. The first-order valence-corrected chi connectivity index (χ1v) is 16.5. The summed E-state index contributed by atoms with van der Waals surface area (Å²) in [4.78, 5) is 2.35. The molecular formula is C24H36Br2CoN3. The van der Waals surface area contributed by atoms with E-state index in [-0.39, 0.29) is 0 Å². The molecule has 2 rings (SSSR count). The molecule has 3 nitrogen and oxygen atoms in total. The van der Waals surface area contributed by atoms with Crippen LogP contribution in [0.15, 0.2) is 30.3 Å². The molecule has 0 aliphatic carbocycles. The molecule has 0 saturated heterocycles. The molecule has 0 heterocycles. The van der Waals surface area contributed by atoms with Crippen LogP contribution in [0.1, 0.15) is 49.9 Å². The number of rotatable bonds is 12. The number of aryl methyl sites for hydroxylation is 3. The summed E-state index contributed by atoms with van der Waals surface area (Å²) in [5.41, 5.74) is 8.28. The first-order chi connectivity index (χ1) is 14.5. The third-order valence-electron chi connectivity index (χ3n) is 5.51. The average molecular weight is 585 g/mol. The molecule has 0 aliphatic rings. The van der Waals surface area contributed by atoms with Gasteiger partial charge in [0.15, 0.2) is 0 Å². The van der Waals surface area contributed by atoms with Gasteiger partial charge in [0, 0.05) is 0 Å². The van der Waals surface area contributed by atoms with Crippen LogP contribution in [-0.2, 0) is 35.8 Å². The Morgan fingerprint density at radius 3 is 1.93 bits per heavy atom. The van der Waals surface area contributed by atoms with Gasteiger partial charge in [0.1, 0.15) is 0 Å². The maximum atomic E-state index is 3.75. The molecule has 0 unspecified atom stereocenters. The summed E-state index contributed by atoms with van der Waals surface area (Å²) in [7, 11) is 1.74. The number of benzene rings is 2. The zero-order valence-electron chi connectivity index (χ0n) is 18.9. The molecule has 170 valence electrons. The molecular weight excluding hydrogens is 549 g/mol. The number of anilines is 2. The van der Waals surface area contributed by atoms with E-state index in [1.165, 1.54) is 38.1 Å². The van der Waals surface area contributed by atoms with Gasteiger partial charge in [-0.2, -0.15) is 0 Å². The predicted octanol–water partition coefficient (Wildman–Crippen LogP) is 6.21. The standard InChI is InChI=1S/C24H36N3.2BrH.Co/c1-6-19-12-10-13-20(7-2)23(19)25-16-17-27(5)18-26-24-21(8-3)14-11-15-22(24)9-4;;;/h10-14,25-26H,6-9,16-18H2,1-5H3;2*1H;/q;;;+2/p-2. The summed E-state index contributed by atoms with van der Waals surface area (Å²) in [5, 5.41) is 7.44. The van der Waals surface area contributed by atoms with Crippen molar-refractivity contribution in [3.8, 4) is 0 Å². The van der Waals surface area contributed by atoms with Crippen LogP contribution in [0.4, 0.5) is 11.4 Å². The van der Waals surface area contributed by atoms with Crippen molar-refractivity contribution in [2.75, 3.05) is 37.4 Å². The van der Waals surface area contributed by atoms with Gasteiger partial charge in [-0.05, 0) is 0 Å². The molecule has 2 N–H and O–H groups in total. The fourth-order valence-electron chi connectivity index (χ4n) is 3.77. The topological polar surface area (TPSA) is 27.3 Å². The molecule has 0 fully saturated rings. The number of para-hydroxylation sites is 1. The van der Waals surface area contributed by atoms with Crippen molar-refractivity contribution in [2.24, 2.45) is 0 Å². The second-order valence-electron chi connectivity index (χ2n) is 7.42. The van der Waals surface area contributed by atoms with Crippen LogP contribution < -0.4 is 15.1 Å². The molecule has 0 amide bonds. The van der Waals surface area contributed by atoms with Crippen LogP contribution in [0.3, 0.4) is 0 Å². The van der Waals surface area contributed by atoms with E-state index < -0.39 is 10.1 Å². The van der Waals surface area contributed by atoms with Crippen molar-refractivity contribution in [1.29, 1.82) is 0 Å². The van der Waals surface area contributed by atoms with Gasteiger partial charge in [0.2, 0.25) is 0 Å². The minimum atomic E-state index is -0.442. The quantitative estimate of drug-likeness (QED) is 0.290. The minimum absolute atomic E-state index is 0.442. The van der Waals surface area contributed by atoms with Crippen LogP contribution in [-0.4, -0.2) is 31.7 Å². The fourth-order valence-corrected chi connectivity index (χ4v) is 6.58. The summed E-state index contributed by atoms with van der Waals surface area (Å²) < 4.78 is 1.37. The monoisotopic (exact) mass is 583 g/mol. The van der Waals surface area contributed by atoms with Crippen molar-refractivity contribution in [3.63, 3.8) is 0 Å². The van der Waals surface area contributed by atoms with Crippen LogP contribution in [0, 0.1) is 0 Å². The molecule has 2 aromatic rings. The summed E-state index contributed by atoms with van der Waals surface area (Å²) in [6, 6.07) is 11.2. The number of hydrogen-bond acceptors (Lipinski definition) is 3.